The maximum Gasteiger partial charge on any atom is 0 e. The number of rotatable bonds is 0. The Bertz CT molecular complexity index is 23.6. The first-order chi connectivity index (χ1) is 3.15. The Hall–Kier alpha value is 2.65. The van der Waals surface area contributed by atoms with Gasteiger partial charge in [0.2, 0.25) is 0 Å². The van der Waals surface area contributed by atoms with Crippen LogP contribution < -0.4 is 0 Å². The minimum atomic E-state index is 0. The van der Waals surface area contributed by atoms with Gasteiger partial charge in [0.15, 0.2) is 0 Å². The van der Waals surface area contributed by atoms with Crippen LogP contribution in [-0.4, -0.2) is 81.3 Å². The molecular weight excluding hydrogens is 246 g/mol. The smallest absolute Gasteiger partial charge is 0 e. The Kier molecular flexibility index (Phi) is 34.6. The van der Waals surface area contributed by atoms with Crippen LogP contribution in [0.25, 0.3) is 0 Å². The Balaban J connectivity index is -0.0000000575. The van der Waals surface area contributed by atoms with Gasteiger partial charge in [-0.1, -0.05) is 19.6 Å². The molecule has 0 N–H and O–H groups in total. The summed E-state index contributed by atoms with van der Waals surface area (Å²) in [6.45, 7) is 6.81. The third-order valence-electron chi connectivity index (χ3n) is 0. The molecule has 0 heterocycles. The summed E-state index contributed by atoms with van der Waals surface area (Å²) in [6, 6.07) is 0. The third-order valence-corrected chi connectivity index (χ3v) is 0. The first-order valence-corrected chi connectivity index (χ1v) is 11.2. The average molecular weight is 261 g/mol. The Labute approximate surface area is 108 Å². The topological polar surface area (TPSA) is 0 Å². The molecule has 0 aliphatic rings. The van der Waals surface area contributed by atoms with Crippen LogP contribution in [0.15, 0.2) is 0 Å². The van der Waals surface area contributed by atoms with Crippen molar-refractivity contribution in [2.75, 3.05) is 0 Å². The fourth-order valence-electron chi connectivity index (χ4n) is 0. The first kappa shape index (κ1) is 16.9. The van der Waals surface area contributed by atoms with E-state index in [0.717, 1.165) is 0 Å². The fourth-order valence-corrected chi connectivity index (χ4v) is 0. The van der Waals surface area contributed by atoms with Crippen LogP contribution in [-0.2, 0) is 0 Å². The van der Waals surface area contributed by atoms with Crippen LogP contribution in [0, 0.1) is 0 Å². The van der Waals surface area contributed by atoms with E-state index < -0.39 is 0 Å². The van der Waals surface area contributed by atoms with Crippen LogP contribution >= 0.6 is 0 Å². The zero-order valence-electron chi connectivity index (χ0n) is 7.00. The SMILES string of the molecule is C[Si](C)C.[CH3][Sn][CH3].[K]. The normalized spacial score (nSPS) is 6.75. The molecule has 0 amide bonds. The second kappa shape index (κ2) is 16.3. The quantitative estimate of drug-likeness (QED) is 0.583. The largest absolute Gasteiger partial charge is 0 e. The third kappa shape index (κ3) is 72.0. The van der Waals surface area contributed by atoms with Gasteiger partial charge in [-0.3, -0.25) is 0 Å². The van der Waals surface area contributed by atoms with E-state index in [1.807, 2.05) is 0 Å². The molecule has 0 unspecified atom stereocenters. The van der Waals surface area contributed by atoms with E-state index >= 15 is 0 Å². The number of hydrogen-bond acceptors (Lipinski definition) is 0. The predicted octanol–water partition coefficient (Wildman–Crippen LogP) is 1.78. The summed E-state index contributed by atoms with van der Waals surface area (Å²) in [5, 5.41) is 0. The maximum atomic E-state index is 2.30. The number of hydrogen-bond donors (Lipinski definition) is 0. The molecule has 0 saturated carbocycles. The van der Waals surface area contributed by atoms with Gasteiger partial charge in [-0.05, 0) is 0 Å². The van der Waals surface area contributed by atoms with Crippen molar-refractivity contribution in [2.45, 2.75) is 29.5 Å². The van der Waals surface area contributed by atoms with Crippen LogP contribution in [0.5, 0.6) is 0 Å². The van der Waals surface area contributed by atoms with Crippen molar-refractivity contribution in [3.8, 4) is 0 Å². The molecule has 0 fully saturated rings. The molecule has 0 aromatic heterocycles. The summed E-state index contributed by atoms with van der Waals surface area (Å²) in [5.74, 6) is 0. The standard InChI is InChI=1S/C3H9Si.2CH3.K.Sn/c1-4(2)3;;;;/h1-3H3;2*1H3;;. The molecule has 0 saturated heterocycles. The summed E-state index contributed by atoms with van der Waals surface area (Å²) in [5.41, 5.74) is 0. The van der Waals surface area contributed by atoms with Crippen molar-refractivity contribution in [3.63, 3.8) is 0 Å². The van der Waals surface area contributed by atoms with Gasteiger partial charge in [-0.2, -0.15) is 0 Å². The Morgan fingerprint density at radius 1 is 1.00 bits per heavy atom. The maximum absolute atomic E-state index is 2.30. The van der Waals surface area contributed by atoms with E-state index in [2.05, 4.69) is 29.5 Å². The summed E-state index contributed by atoms with van der Waals surface area (Å²) in [6.07, 6.45) is 0. The van der Waals surface area contributed by atoms with Gasteiger partial charge in [0, 0.05) is 60.2 Å². The van der Waals surface area contributed by atoms with Crippen molar-refractivity contribution < 1.29 is 0 Å². The molecular formula is C5H15KSiSn. The molecule has 0 aromatic carbocycles. The zero-order chi connectivity index (χ0) is 6.28. The van der Waals surface area contributed by atoms with E-state index in [0.29, 0.717) is 0 Å². The minimum absolute atomic E-state index is 0. The minimum Gasteiger partial charge on any atom is 0 e. The van der Waals surface area contributed by atoms with Gasteiger partial charge < -0.3 is 0 Å². The van der Waals surface area contributed by atoms with Gasteiger partial charge >= 0.3 is 31.0 Å². The predicted molar refractivity (Wildman–Crippen MR) is 46.6 cm³/mol. The van der Waals surface area contributed by atoms with Crippen LogP contribution in [0.1, 0.15) is 0 Å². The molecule has 0 atom stereocenters. The molecule has 0 aliphatic heterocycles. The molecule has 8 heavy (non-hydrogen) atoms. The zero-order valence-corrected chi connectivity index (χ0v) is 14.0. The van der Waals surface area contributed by atoms with E-state index in [4.69, 9.17) is 0 Å². The van der Waals surface area contributed by atoms with Gasteiger partial charge in [0.25, 0.3) is 0 Å². The Morgan fingerprint density at radius 2 is 1.00 bits per heavy atom. The molecule has 0 nitrogen and oxygen atoms in total. The molecule has 0 spiro atoms. The Morgan fingerprint density at radius 3 is 1.00 bits per heavy atom. The molecule has 0 rings (SSSR count). The van der Waals surface area contributed by atoms with Crippen LogP contribution in [0.4, 0.5) is 0 Å². The summed E-state index contributed by atoms with van der Waals surface area (Å²) in [4.78, 5) is 4.59. The van der Waals surface area contributed by atoms with E-state index in [-0.39, 0.29) is 81.3 Å². The van der Waals surface area contributed by atoms with Crippen LogP contribution in [0.2, 0.25) is 29.5 Å². The summed E-state index contributed by atoms with van der Waals surface area (Å²) < 4.78 is 0. The molecule has 0 aromatic rings. The monoisotopic (exact) mass is 262 g/mol. The average Bonchev–Trinajstić information content (AvgIpc) is 1.33. The second-order valence-corrected chi connectivity index (χ2v) is 7.85. The van der Waals surface area contributed by atoms with Crippen molar-refractivity contribution >= 4 is 81.3 Å². The van der Waals surface area contributed by atoms with E-state index in [9.17, 15) is 0 Å². The van der Waals surface area contributed by atoms with Gasteiger partial charge in [0.1, 0.15) is 0 Å². The first-order valence-electron chi connectivity index (χ1n) is 2.50. The van der Waals surface area contributed by atoms with E-state index in [1.54, 1.807) is 0 Å². The van der Waals surface area contributed by atoms with Crippen molar-refractivity contribution in [2.24, 2.45) is 0 Å². The second-order valence-electron chi connectivity index (χ2n) is 2.00. The molecule has 0 bridgehead atoms. The summed E-state index contributed by atoms with van der Waals surface area (Å²) >= 11 is 0.230. The van der Waals surface area contributed by atoms with Gasteiger partial charge in [-0.15, -0.1) is 0 Å². The van der Waals surface area contributed by atoms with Crippen LogP contribution in [0.3, 0.4) is 0 Å². The van der Waals surface area contributed by atoms with Crippen molar-refractivity contribution in [1.82, 2.24) is 0 Å². The van der Waals surface area contributed by atoms with Crippen molar-refractivity contribution in [3.05, 3.63) is 0 Å². The van der Waals surface area contributed by atoms with Gasteiger partial charge in [0.05, 0.1) is 0 Å². The molecule has 0 aliphatic carbocycles. The van der Waals surface area contributed by atoms with Gasteiger partial charge in [-0.25, -0.2) is 0 Å². The summed E-state index contributed by atoms with van der Waals surface area (Å²) in [7, 11) is 0.120. The molecule has 4 radical (unpaired) electrons. The fraction of sp³-hybridized carbons (Fsp3) is 1.00. The van der Waals surface area contributed by atoms with E-state index in [1.165, 1.54) is 0 Å². The molecule has 3 heteroatoms. The van der Waals surface area contributed by atoms with Crippen molar-refractivity contribution in [1.29, 1.82) is 0 Å². The molecule has 44 valence electrons.